The number of nitrogens with zero attached hydrogens (tertiary/aromatic N) is 3. The molecule has 192 valence electrons. The lowest BCUT2D eigenvalue weighted by molar-refractivity contribution is -0.115. The number of carbonyl (C=O) groups is 2. The van der Waals surface area contributed by atoms with E-state index in [1.54, 1.807) is 30.3 Å². The number of anilines is 2. The van der Waals surface area contributed by atoms with E-state index in [9.17, 15) is 28.4 Å². The number of hydrogen-bond donors (Lipinski definition) is 4. The molecule has 1 aromatic heterocycles. The number of phenolic OH excluding ortho intramolecular Hbond substituents is 1. The second-order valence-corrected chi connectivity index (χ2v) is 9.93. The second kappa shape index (κ2) is 11.0. The lowest BCUT2D eigenvalue weighted by atomic mass is 10.2. The zero-order valence-electron chi connectivity index (χ0n) is 19.4. The molecule has 0 radical (unpaired) electrons. The average Bonchev–Trinajstić information content (AvgIpc) is 3.22. The number of phenols is 1. The molecule has 3 amide bonds. The van der Waals surface area contributed by atoms with Crippen LogP contribution in [-0.4, -0.2) is 35.2 Å². The monoisotopic (exact) mass is 550 g/mol. The Bertz CT molecular complexity index is 1630. The topological polar surface area (TPSA) is 166 Å². The zero-order chi connectivity index (χ0) is 27.3. The normalized spacial score (nSPS) is 10.8. The minimum absolute atomic E-state index is 0.0310. The molecule has 3 aromatic carbocycles. The van der Waals surface area contributed by atoms with Crippen molar-refractivity contribution in [3.63, 3.8) is 0 Å². The van der Waals surface area contributed by atoms with E-state index in [4.69, 9.17) is 11.6 Å². The van der Waals surface area contributed by atoms with Gasteiger partial charge in [0.1, 0.15) is 17.4 Å². The van der Waals surface area contributed by atoms with E-state index in [2.05, 4.69) is 15.7 Å². The molecule has 0 unspecified atom stereocenters. The summed E-state index contributed by atoms with van der Waals surface area (Å²) >= 11 is 5.80. The molecule has 0 saturated heterocycles. The summed E-state index contributed by atoms with van der Waals surface area (Å²) < 4.78 is 28.4. The molecule has 1 heterocycles. The third-order valence-electron chi connectivity index (χ3n) is 5.13. The molecule has 0 atom stereocenters. The Hall–Kier alpha value is -4.86. The van der Waals surface area contributed by atoms with Crippen molar-refractivity contribution >= 4 is 45.1 Å². The molecule has 38 heavy (non-hydrogen) atoms. The lowest BCUT2D eigenvalue weighted by Crippen LogP contribution is -2.35. The highest BCUT2D eigenvalue weighted by molar-refractivity contribution is 7.90. The molecular formula is C25H19ClN6O5S. The quantitative estimate of drug-likeness (QED) is 0.254. The first-order valence-electron chi connectivity index (χ1n) is 10.9. The smallest absolute Gasteiger partial charge is 0.334 e. The summed E-state index contributed by atoms with van der Waals surface area (Å²) in [6.07, 6.45) is -0.330. The highest BCUT2D eigenvalue weighted by atomic mass is 35.5. The van der Waals surface area contributed by atoms with Crippen LogP contribution in [0.3, 0.4) is 0 Å². The molecule has 0 bridgehead atoms. The van der Waals surface area contributed by atoms with Crippen LogP contribution >= 0.6 is 11.6 Å². The van der Waals surface area contributed by atoms with Crippen LogP contribution in [0.15, 0.2) is 83.8 Å². The number of urea groups is 1. The molecule has 0 saturated carbocycles. The van der Waals surface area contributed by atoms with Crippen molar-refractivity contribution in [2.24, 2.45) is 0 Å². The third kappa shape index (κ3) is 6.09. The Balaban J connectivity index is 1.63. The van der Waals surface area contributed by atoms with E-state index in [0.29, 0.717) is 16.4 Å². The van der Waals surface area contributed by atoms with Gasteiger partial charge < -0.3 is 10.4 Å². The number of aromatic hydroxyl groups is 1. The van der Waals surface area contributed by atoms with Crippen LogP contribution in [0.25, 0.3) is 5.69 Å². The summed E-state index contributed by atoms with van der Waals surface area (Å²) in [4.78, 5) is 25.2. The Kier molecular flexibility index (Phi) is 7.61. The van der Waals surface area contributed by atoms with Crippen molar-refractivity contribution in [3.8, 4) is 17.5 Å². The van der Waals surface area contributed by atoms with E-state index >= 15 is 0 Å². The van der Waals surface area contributed by atoms with Crippen LogP contribution in [0.1, 0.15) is 11.3 Å². The third-order valence-corrected chi connectivity index (χ3v) is 6.73. The summed E-state index contributed by atoms with van der Waals surface area (Å²) in [7, 11) is -4.26. The summed E-state index contributed by atoms with van der Waals surface area (Å²) in [5.41, 5.74) is 0.779. The SMILES string of the molecule is N#Cc1c(CC(=O)Nc2ccc(O)cc2)nn(-c2ccccc2)c1NC(=O)NS(=O)(=O)c1ccc(Cl)cc1. The number of hydrogen-bond acceptors (Lipinski definition) is 7. The van der Waals surface area contributed by atoms with Gasteiger partial charge in [-0.2, -0.15) is 10.4 Å². The van der Waals surface area contributed by atoms with Gasteiger partial charge in [0.25, 0.3) is 10.0 Å². The maximum atomic E-state index is 12.7. The van der Waals surface area contributed by atoms with Gasteiger partial charge in [0.05, 0.1) is 22.7 Å². The van der Waals surface area contributed by atoms with E-state index < -0.39 is 22.0 Å². The number of carbonyl (C=O) groups excluding carboxylic acids is 2. The number of nitriles is 1. The predicted octanol–water partition coefficient (Wildman–Crippen LogP) is 3.79. The highest BCUT2D eigenvalue weighted by Gasteiger charge is 2.25. The molecule has 4 rings (SSSR count). The van der Waals surface area contributed by atoms with Crippen molar-refractivity contribution in [2.45, 2.75) is 11.3 Å². The average molecular weight is 551 g/mol. The summed E-state index contributed by atoms with van der Waals surface area (Å²) in [6, 6.07) is 20.3. The van der Waals surface area contributed by atoms with Crippen LogP contribution in [0.2, 0.25) is 5.02 Å². The van der Waals surface area contributed by atoms with Crippen molar-refractivity contribution in [3.05, 3.63) is 95.1 Å². The molecule has 4 aromatic rings. The molecule has 0 aliphatic rings. The van der Waals surface area contributed by atoms with Gasteiger partial charge in [-0.15, -0.1) is 0 Å². The maximum Gasteiger partial charge on any atom is 0.334 e. The number of rotatable bonds is 7. The van der Waals surface area contributed by atoms with Crippen molar-refractivity contribution in [1.29, 1.82) is 5.26 Å². The van der Waals surface area contributed by atoms with Crippen LogP contribution in [-0.2, 0) is 21.2 Å². The minimum atomic E-state index is -4.26. The number of nitrogens with one attached hydrogen (secondary N) is 3. The first-order valence-corrected chi connectivity index (χ1v) is 12.8. The minimum Gasteiger partial charge on any atom is -0.508 e. The summed E-state index contributed by atoms with van der Waals surface area (Å²) in [6.45, 7) is 0. The number of halogens is 1. The van der Waals surface area contributed by atoms with E-state index in [0.717, 1.165) is 0 Å². The van der Waals surface area contributed by atoms with Gasteiger partial charge in [0.15, 0.2) is 5.82 Å². The van der Waals surface area contributed by atoms with Crippen molar-refractivity contribution < 1.29 is 23.1 Å². The van der Waals surface area contributed by atoms with Crippen LogP contribution in [0.4, 0.5) is 16.3 Å². The first kappa shape index (κ1) is 26.2. The van der Waals surface area contributed by atoms with Crippen molar-refractivity contribution in [1.82, 2.24) is 14.5 Å². The van der Waals surface area contributed by atoms with Gasteiger partial charge in [-0.25, -0.2) is 22.6 Å². The number of benzene rings is 3. The Morgan fingerprint density at radius 2 is 1.63 bits per heavy atom. The van der Waals surface area contributed by atoms with Gasteiger partial charge in [-0.1, -0.05) is 29.8 Å². The zero-order valence-corrected chi connectivity index (χ0v) is 21.0. The van der Waals surface area contributed by atoms with Gasteiger partial charge in [0, 0.05) is 10.7 Å². The van der Waals surface area contributed by atoms with Crippen LogP contribution in [0.5, 0.6) is 5.75 Å². The van der Waals surface area contributed by atoms with Crippen molar-refractivity contribution in [2.75, 3.05) is 10.6 Å². The van der Waals surface area contributed by atoms with E-state index in [1.165, 1.54) is 53.2 Å². The lowest BCUT2D eigenvalue weighted by Gasteiger charge is -2.11. The molecular weight excluding hydrogens is 532 g/mol. The molecule has 0 spiro atoms. The molecule has 4 N–H and O–H groups in total. The molecule has 0 fully saturated rings. The fourth-order valence-corrected chi connectivity index (χ4v) is 4.44. The standard InChI is InChI=1S/C25H19ClN6O5S/c26-16-6-12-20(13-7-16)38(36,37)31-25(35)29-24-21(15-27)22(30-32(24)18-4-2-1-3-5-18)14-23(34)28-17-8-10-19(33)11-9-17/h1-13,33H,14H2,(H,28,34)(H2,29,31,35). The first-order chi connectivity index (χ1) is 18.2. The second-order valence-electron chi connectivity index (χ2n) is 7.81. The van der Waals surface area contributed by atoms with Crippen LogP contribution in [0, 0.1) is 11.3 Å². The molecule has 0 aliphatic heterocycles. The number of sulfonamides is 1. The fourth-order valence-electron chi connectivity index (χ4n) is 3.41. The Morgan fingerprint density at radius 1 is 0.974 bits per heavy atom. The van der Waals surface area contributed by atoms with E-state index in [1.807, 2.05) is 10.8 Å². The highest BCUT2D eigenvalue weighted by Crippen LogP contribution is 2.25. The van der Waals surface area contributed by atoms with Gasteiger partial charge in [0.2, 0.25) is 5.91 Å². The molecule has 11 nitrogen and oxygen atoms in total. The predicted molar refractivity (Wildman–Crippen MR) is 140 cm³/mol. The van der Waals surface area contributed by atoms with Gasteiger partial charge in [-0.3, -0.25) is 10.1 Å². The largest absolute Gasteiger partial charge is 0.508 e. The van der Waals surface area contributed by atoms with Gasteiger partial charge in [-0.05, 0) is 60.7 Å². The number of amides is 3. The van der Waals surface area contributed by atoms with Gasteiger partial charge >= 0.3 is 6.03 Å². The number of aromatic nitrogens is 2. The summed E-state index contributed by atoms with van der Waals surface area (Å²) in [5.74, 6) is -0.607. The van der Waals surface area contributed by atoms with E-state index in [-0.39, 0.29) is 34.1 Å². The Morgan fingerprint density at radius 3 is 2.26 bits per heavy atom. The Labute approximate surface area is 222 Å². The summed E-state index contributed by atoms with van der Waals surface area (Å²) in [5, 5.41) is 29.0. The van der Waals surface area contributed by atoms with Crippen LogP contribution < -0.4 is 15.4 Å². The molecule has 0 aliphatic carbocycles. The number of para-hydroxylation sites is 1. The fraction of sp³-hybridized carbons (Fsp3) is 0.0400. The maximum absolute atomic E-state index is 12.7. The molecule has 13 heteroatoms.